The maximum absolute atomic E-state index is 8.95. The molecule has 11 heavy (non-hydrogen) atoms. The van der Waals surface area contributed by atoms with Crippen LogP contribution in [0.4, 0.5) is 0 Å². The Labute approximate surface area is 63.4 Å². The van der Waals surface area contributed by atoms with E-state index < -0.39 is 0 Å². The van der Waals surface area contributed by atoms with E-state index in [0.717, 1.165) is 0 Å². The van der Waals surface area contributed by atoms with Gasteiger partial charge in [0.1, 0.15) is 5.84 Å². The SMILES string of the molecule is N=C(N)c1ccc(O)c(O)c1. The summed E-state index contributed by atoms with van der Waals surface area (Å²) in [7, 11) is 0. The lowest BCUT2D eigenvalue weighted by Gasteiger charge is -1.99. The Morgan fingerprint density at radius 3 is 2.36 bits per heavy atom. The van der Waals surface area contributed by atoms with Crippen LogP contribution in [0.2, 0.25) is 0 Å². The minimum Gasteiger partial charge on any atom is -0.504 e. The van der Waals surface area contributed by atoms with Crippen LogP contribution >= 0.6 is 0 Å². The molecule has 4 heteroatoms. The zero-order valence-electron chi connectivity index (χ0n) is 5.70. The number of phenolic OH excluding ortho intramolecular Hbond substituents is 2. The van der Waals surface area contributed by atoms with Crippen molar-refractivity contribution < 1.29 is 10.2 Å². The second kappa shape index (κ2) is 2.49. The number of nitrogens with one attached hydrogen (secondary N) is 1. The quantitative estimate of drug-likeness (QED) is 0.266. The lowest BCUT2D eigenvalue weighted by molar-refractivity contribution is 0.403. The van der Waals surface area contributed by atoms with Gasteiger partial charge < -0.3 is 15.9 Å². The maximum atomic E-state index is 8.95. The Kier molecular flexibility index (Phi) is 1.68. The topological polar surface area (TPSA) is 90.3 Å². The number of amidine groups is 1. The van der Waals surface area contributed by atoms with Crippen LogP contribution < -0.4 is 5.73 Å². The Balaban J connectivity index is 3.15. The molecular weight excluding hydrogens is 144 g/mol. The largest absolute Gasteiger partial charge is 0.504 e. The molecule has 0 bridgehead atoms. The highest BCUT2D eigenvalue weighted by molar-refractivity contribution is 5.95. The van der Waals surface area contributed by atoms with Gasteiger partial charge in [-0.2, -0.15) is 0 Å². The molecule has 0 saturated carbocycles. The van der Waals surface area contributed by atoms with Crippen molar-refractivity contribution in [1.29, 1.82) is 5.41 Å². The highest BCUT2D eigenvalue weighted by Gasteiger charge is 2.01. The van der Waals surface area contributed by atoms with Gasteiger partial charge in [-0.1, -0.05) is 0 Å². The molecular formula is C7H8N2O2. The van der Waals surface area contributed by atoms with Crippen LogP contribution in [0.5, 0.6) is 11.5 Å². The van der Waals surface area contributed by atoms with Crippen molar-refractivity contribution in [3.05, 3.63) is 23.8 Å². The predicted octanol–water partition coefficient (Wildman–Crippen LogP) is 0.382. The minimum atomic E-state index is -0.266. The Hall–Kier alpha value is -1.71. The van der Waals surface area contributed by atoms with Crippen LogP contribution in [-0.2, 0) is 0 Å². The maximum Gasteiger partial charge on any atom is 0.158 e. The molecule has 0 aliphatic carbocycles. The van der Waals surface area contributed by atoms with E-state index in [0.29, 0.717) is 5.56 Å². The fourth-order valence-electron chi connectivity index (χ4n) is 0.691. The first-order valence-corrected chi connectivity index (χ1v) is 2.97. The zero-order valence-corrected chi connectivity index (χ0v) is 5.70. The van der Waals surface area contributed by atoms with E-state index in [1.807, 2.05) is 0 Å². The zero-order chi connectivity index (χ0) is 8.43. The molecule has 4 nitrogen and oxygen atoms in total. The number of nitrogens with two attached hydrogens (primary N) is 1. The third kappa shape index (κ3) is 1.40. The summed E-state index contributed by atoms with van der Waals surface area (Å²) >= 11 is 0. The van der Waals surface area contributed by atoms with Crippen molar-refractivity contribution in [3.63, 3.8) is 0 Å². The van der Waals surface area contributed by atoms with Gasteiger partial charge in [0, 0.05) is 5.56 Å². The molecule has 0 aliphatic rings. The number of rotatable bonds is 1. The summed E-state index contributed by atoms with van der Waals surface area (Å²) < 4.78 is 0. The molecule has 0 radical (unpaired) electrons. The number of nitrogen functional groups attached to an aromatic ring is 1. The number of aromatic hydroxyl groups is 2. The van der Waals surface area contributed by atoms with E-state index in [4.69, 9.17) is 21.4 Å². The van der Waals surface area contributed by atoms with Crippen molar-refractivity contribution in [2.45, 2.75) is 0 Å². The van der Waals surface area contributed by atoms with Gasteiger partial charge in [0.05, 0.1) is 0 Å². The van der Waals surface area contributed by atoms with Crippen LogP contribution in [0.25, 0.3) is 0 Å². The van der Waals surface area contributed by atoms with E-state index in [-0.39, 0.29) is 17.3 Å². The highest BCUT2D eigenvalue weighted by Crippen LogP contribution is 2.24. The lowest BCUT2D eigenvalue weighted by atomic mass is 10.2. The predicted molar refractivity (Wildman–Crippen MR) is 40.8 cm³/mol. The molecule has 1 rings (SSSR count). The molecule has 0 aromatic heterocycles. The first-order chi connectivity index (χ1) is 5.11. The third-order valence-corrected chi connectivity index (χ3v) is 1.29. The Bertz CT molecular complexity index is 296. The van der Waals surface area contributed by atoms with Gasteiger partial charge >= 0.3 is 0 Å². The Morgan fingerprint density at radius 2 is 1.91 bits per heavy atom. The van der Waals surface area contributed by atoms with Crippen LogP contribution in [0.3, 0.4) is 0 Å². The van der Waals surface area contributed by atoms with Gasteiger partial charge in [0.15, 0.2) is 11.5 Å². The molecule has 1 aromatic carbocycles. The highest BCUT2D eigenvalue weighted by atomic mass is 16.3. The summed E-state index contributed by atoms with van der Waals surface area (Å²) in [6.07, 6.45) is 0. The number of benzene rings is 1. The van der Waals surface area contributed by atoms with Crippen LogP contribution in [0.15, 0.2) is 18.2 Å². The summed E-state index contributed by atoms with van der Waals surface area (Å²) in [5, 5.41) is 24.8. The monoisotopic (exact) mass is 152 g/mol. The van der Waals surface area contributed by atoms with Gasteiger partial charge in [-0.25, -0.2) is 0 Å². The minimum absolute atomic E-state index is 0.139. The molecule has 5 N–H and O–H groups in total. The molecule has 58 valence electrons. The van der Waals surface area contributed by atoms with Crippen molar-refractivity contribution >= 4 is 5.84 Å². The summed E-state index contributed by atoms with van der Waals surface area (Å²) in [5.74, 6) is -0.618. The second-order valence-corrected chi connectivity index (χ2v) is 2.12. The smallest absolute Gasteiger partial charge is 0.158 e. The van der Waals surface area contributed by atoms with E-state index in [1.165, 1.54) is 18.2 Å². The summed E-state index contributed by atoms with van der Waals surface area (Å²) in [6, 6.07) is 3.97. The van der Waals surface area contributed by atoms with Gasteiger partial charge in [0.25, 0.3) is 0 Å². The fraction of sp³-hybridized carbons (Fsp3) is 0. The molecule has 0 unspecified atom stereocenters. The van der Waals surface area contributed by atoms with E-state index in [1.54, 1.807) is 0 Å². The molecule has 0 fully saturated rings. The normalized spacial score (nSPS) is 9.45. The molecule has 0 heterocycles. The van der Waals surface area contributed by atoms with Crippen LogP contribution in [0, 0.1) is 5.41 Å². The van der Waals surface area contributed by atoms with E-state index in [2.05, 4.69) is 0 Å². The van der Waals surface area contributed by atoms with Crippen molar-refractivity contribution in [2.24, 2.45) is 5.73 Å². The number of hydrogen-bond donors (Lipinski definition) is 4. The average molecular weight is 152 g/mol. The van der Waals surface area contributed by atoms with Crippen LogP contribution in [-0.4, -0.2) is 16.0 Å². The fourth-order valence-corrected chi connectivity index (χ4v) is 0.691. The standard InChI is InChI=1S/C7H8N2O2/c8-7(9)4-1-2-5(10)6(11)3-4/h1-3,10-11H,(H3,8,9). The molecule has 0 amide bonds. The molecule has 0 saturated heterocycles. The summed E-state index contributed by atoms with van der Waals surface area (Å²) in [6.45, 7) is 0. The molecule has 0 atom stereocenters. The van der Waals surface area contributed by atoms with Crippen molar-refractivity contribution in [2.75, 3.05) is 0 Å². The molecule has 0 aliphatic heterocycles. The van der Waals surface area contributed by atoms with Crippen molar-refractivity contribution in [3.8, 4) is 11.5 Å². The Morgan fingerprint density at radius 1 is 1.27 bits per heavy atom. The average Bonchev–Trinajstić information content (AvgIpc) is 1.94. The number of hydrogen-bond acceptors (Lipinski definition) is 3. The van der Waals surface area contributed by atoms with E-state index in [9.17, 15) is 0 Å². The molecule has 0 spiro atoms. The second-order valence-electron chi connectivity index (χ2n) is 2.12. The first kappa shape index (κ1) is 7.40. The van der Waals surface area contributed by atoms with Gasteiger partial charge in [-0.3, -0.25) is 5.41 Å². The lowest BCUT2D eigenvalue weighted by Crippen LogP contribution is -2.10. The van der Waals surface area contributed by atoms with Gasteiger partial charge in [-0.15, -0.1) is 0 Å². The van der Waals surface area contributed by atoms with Gasteiger partial charge in [-0.05, 0) is 18.2 Å². The number of phenols is 2. The third-order valence-electron chi connectivity index (χ3n) is 1.29. The first-order valence-electron chi connectivity index (χ1n) is 2.97. The molecule has 1 aromatic rings. The summed E-state index contributed by atoms with van der Waals surface area (Å²) in [5.41, 5.74) is 5.51. The van der Waals surface area contributed by atoms with E-state index >= 15 is 0 Å². The van der Waals surface area contributed by atoms with Gasteiger partial charge in [0.2, 0.25) is 0 Å². The summed E-state index contributed by atoms with van der Waals surface area (Å²) in [4.78, 5) is 0. The van der Waals surface area contributed by atoms with Crippen LogP contribution in [0.1, 0.15) is 5.56 Å². The van der Waals surface area contributed by atoms with Crippen molar-refractivity contribution in [1.82, 2.24) is 0 Å².